The van der Waals surface area contributed by atoms with Crippen molar-refractivity contribution in [1.29, 1.82) is 0 Å². The van der Waals surface area contributed by atoms with Crippen LogP contribution in [0.1, 0.15) is 22.3 Å². The fourth-order valence-corrected chi connectivity index (χ4v) is 2.90. The predicted molar refractivity (Wildman–Crippen MR) is 89.9 cm³/mol. The first-order chi connectivity index (χ1) is 10.9. The largest absolute Gasteiger partial charge is 0.365 e. The third-order valence-corrected chi connectivity index (χ3v) is 4.17. The van der Waals surface area contributed by atoms with Crippen LogP contribution in [0, 0.1) is 0 Å². The van der Waals surface area contributed by atoms with Crippen molar-refractivity contribution in [2.24, 2.45) is 0 Å². The maximum absolute atomic E-state index is 12.8. The zero-order chi connectivity index (χ0) is 16.6. The molecule has 0 aromatic heterocycles. The molecule has 2 N–H and O–H groups in total. The Morgan fingerprint density at radius 1 is 1.17 bits per heavy atom. The molecule has 118 valence electrons. The zero-order valence-corrected chi connectivity index (χ0v) is 13.6. The summed E-state index contributed by atoms with van der Waals surface area (Å²) in [6.07, 6.45) is 0.181. The molecule has 23 heavy (non-hydrogen) atoms. The van der Waals surface area contributed by atoms with Crippen molar-refractivity contribution < 1.29 is 9.90 Å². The highest BCUT2D eigenvalue weighted by Crippen LogP contribution is 2.37. The first-order valence-corrected chi connectivity index (χ1v) is 7.69. The van der Waals surface area contributed by atoms with Crippen LogP contribution in [-0.4, -0.2) is 16.0 Å². The predicted octanol–water partition coefficient (Wildman–Crippen LogP) is 3.70. The van der Waals surface area contributed by atoms with Gasteiger partial charge in [0.15, 0.2) is 5.72 Å². The zero-order valence-electron chi connectivity index (χ0n) is 12.1. The summed E-state index contributed by atoms with van der Waals surface area (Å²) in [4.78, 5) is 12.8. The summed E-state index contributed by atoms with van der Waals surface area (Å²) in [6, 6.07) is 13.2. The van der Waals surface area contributed by atoms with Crippen molar-refractivity contribution in [3.63, 3.8) is 0 Å². The number of nitrogens with one attached hydrogen (secondary N) is 1. The normalized spacial score (nSPS) is 20.5. The molecule has 6 heteroatoms. The lowest BCUT2D eigenvalue weighted by Gasteiger charge is -2.32. The van der Waals surface area contributed by atoms with E-state index in [4.69, 9.17) is 23.2 Å². The van der Waals surface area contributed by atoms with Gasteiger partial charge in [0.25, 0.3) is 5.91 Å². The Morgan fingerprint density at radius 2 is 1.87 bits per heavy atom. The van der Waals surface area contributed by atoms with Crippen molar-refractivity contribution in [2.75, 3.05) is 0 Å². The fourth-order valence-electron chi connectivity index (χ4n) is 2.58. The first kappa shape index (κ1) is 15.9. The summed E-state index contributed by atoms with van der Waals surface area (Å²) >= 11 is 11.8. The maximum atomic E-state index is 12.8. The fraction of sp³-hybridized carbons (Fsp3) is 0.118. The van der Waals surface area contributed by atoms with Crippen molar-refractivity contribution >= 4 is 29.1 Å². The van der Waals surface area contributed by atoms with Crippen LogP contribution in [0.3, 0.4) is 0 Å². The maximum Gasteiger partial charge on any atom is 0.275 e. The lowest BCUT2D eigenvalue weighted by Crippen LogP contribution is -2.49. The first-order valence-electron chi connectivity index (χ1n) is 6.93. The molecule has 1 amide bonds. The van der Waals surface area contributed by atoms with Gasteiger partial charge in [-0.1, -0.05) is 48.0 Å². The molecule has 4 nitrogen and oxygen atoms in total. The average molecular weight is 349 g/mol. The minimum atomic E-state index is -1.54. The number of aliphatic hydroxyl groups is 1. The van der Waals surface area contributed by atoms with Crippen LogP contribution in [-0.2, 0) is 5.72 Å². The number of carbonyl (C=O) groups excluding carboxylic acids is 1. The monoisotopic (exact) mass is 348 g/mol. The molecule has 1 fully saturated rings. The number of hydrazine groups is 1. The number of benzene rings is 2. The van der Waals surface area contributed by atoms with Gasteiger partial charge in [0.1, 0.15) is 0 Å². The topological polar surface area (TPSA) is 52.6 Å². The van der Waals surface area contributed by atoms with E-state index in [-0.39, 0.29) is 6.42 Å². The van der Waals surface area contributed by atoms with Gasteiger partial charge in [-0.05, 0) is 30.3 Å². The molecule has 1 saturated heterocycles. The molecule has 1 unspecified atom stereocenters. The molecule has 2 aromatic rings. The quantitative estimate of drug-likeness (QED) is 0.869. The Labute approximate surface area is 143 Å². The third-order valence-electron chi connectivity index (χ3n) is 3.68. The van der Waals surface area contributed by atoms with E-state index < -0.39 is 11.6 Å². The van der Waals surface area contributed by atoms with Gasteiger partial charge in [0.05, 0.1) is 0 Å². The van der Waals surface area contributed by atoms with Gasteiger partial charge in [-0.3, -0.25) is 10.2 Å². The summed E-state index contributed by atoms with van der Waals surface area (Å²) < 4.78 is 0. The Balaban J connectivity index is 2.01. The van der Waals surface area contributed by atoms with Crippen molar-refractivity contribution in [2.45, 2.75) is 12.1 Å². The van der Waals surface area contributed by atoms with Crippen molar-refractivity contribution in [1.82, 2.24) is 10.4 Å². The highest BCUT2D eigenvalue weighted by molar-refractivity contribution is 6.31. The van der Waals surface area contributed by atoms with Crippen molar-refractivity contribution in [3.8, 4) is 0 Å². The van der Waals surface area contributed by atoms with Crippen LogP contribution < -0.4 is 5.43 Å². The number of halogens is 2. The van der Waals surface area contributed by atoms with E-state index in [2.05, 4.69) is 12.0 Å². The van der Waals surface area contributed by atoms with Crippen molar-refractivity contribution in [3.05, 3.63) is 82.0 Å². The Bertz CT molecular complexity index is 776. The summed E-state index contributed by atoms with van der Waals surface area (Å²) in [5.41, 5.74) is 2.75. The highest BCUT2D eigenvalue weighted by atomic mass is 35.5. The van der Waals surface area contributed by atoms with E-state index >= 15 is 0 Å². The van der Waals surface area contributed by atoms with Crippen LogP contribution in [0.25, 0.3) is 0 Å². The summed E-state index contributed by atoms with van der Waals surface area (Å²) in [7, 11) is 0. The standard InChI is InChI=1S/C17H14Cl2N2O2/c1-11-10-17(23,13-5-7-14(18)8-6-13)21(20-11)16(22)12-3-2-4-15(19)9-12/h2-9,20,23H,1,10H2. The molecule has 0 aliphatic carbocycles. The smallest absolute Gasteiger partial charge is 0.275 e. The summed E-state index contributed by atoms with van der Waals surface area (Å²) in [5.74, 6) is -0.399. The highest BCUT2D eigenvalue weighted by Gasteiger charge is 2.46. The number of carbonyl (C=O) groups is 1. The van der Waals surface area contributed by atoms with E-state index in [0.717, 1.165) is 0 Å². The van der Waals surface area contributed by atoms with Gasteiger partial charge in [0, 0.05) is 33.3 Å². The molecule has 3 rings (SSSR count). The van der Waals surface area contributed by atoms with Gasteiger partial charge in [-0.15, -0.1) is 0 Å². The second-order valence-corrected chi connectivity index (χ2v) is 6.24. The number of hydrogen-bond acceptors (Lipinski definition) is 3. The SMILES string of the molecule is C=C1CC(O)(c2ccc(Cl)cc2)N(C(=O)c2cccc(Cl)c2)N1. The van der Waals surface area contributed by atoms with E-state index in [1.54, 1.807) is 48.5 Å². The van der Waals surface area contributed by atoms with Crippen LogP contribution in [0.2, 0.25) is 10.0 Å². The molecule has 1 aliphatic heterocycles. The van der Waals surface area contributed by atoms with Crippen LogP contribution in [0.15, 0.2) is 60.8 Å². The molecule has 0 spiro atoms. The second kappa shape index (κ2) is 5.89. The number of nitrogens with zero attached hydrogens (tertiary/aromatic N) is 1. The van der Waals surface area contributed by atoms with E-state index in [9.17, 15) is 9.90 Å². The molecule has 0 radical (unpaired) electrons. The van der Waals surface area contributed by atoms with Gasteiger partial charge < -0.3 is 5.11 Å². The Hall–Kier alpha value is -2.01. The van der Waals surface area contributed by atoms with Gasteiger partial charge in [0.2, 0.25) is 0 Å². The minimum Gasteiger partial charge on any atom is -0.365 e. The van der Waals surface area contributed by atoms with Gasteiger partial charge in [-0.2, -0.15) is 0 Å². The molecular formula is C17H14Cl2N2O2. The molecule has 0 saturated carbocycles. The van der Waals surface area contributed by atoms with Gasteiger partial charge >= 0.3 is 0 Å². The molecule has 2 aromatic carbocycles. The molecular weight excluding hydrogens is 335 g/mol. The van der Waals surface area contributed by atoms with E-state index in [1.807, 2.05) is 0 Å². The Kier molecular flexibility index (Phi) is 4.06. The van der Waals surface area contributed by atoms with Gasteiger partial charge in [-0.25, -0.2) is 5.01 Å². The second-order valence-electron chi connectivity index (χ2n) is 5.37. The number of amides is 1. The minimum absolute atomic E-state index is 0.181. The summed E-state index contributed by atoms with van der Waals surface area (Å²) in [6.45, 7) is 3.82. The lowest BCUT2D eigenvalue weighted by molar-refractivity contribution is -0.0835. The van der Waals surface area contributed by atoms with Crippen LogP contribution in [0.5, 0.6) is 0 Å². The molecule has 1 heterocycles. The summed E-state index contributed by atoms with van der Waals surface area (Å²) in [5, 5.41) is 13.3. The van der Waals surface area contributed by atoms with E-state index in [0.29, 0.717) is 26.9 Å². The average Bonchev–Trinajstić information content (AvgIpc) is 2.83. The number of rotatable bonds is 2. The van der Waals surface area contributed by atoms with Crippen LogP contribution >= 0.6 is 23.2 Å². The molecule has 1 atom stereocenters. The van der Waals surface area contributed by atoms with Crippen LogP contribution in [0.4, 0.5) is 0 Å². The Morgan fingerprint density at radius 3 is 2.52 bits per heavy atom. The molecule has 0 bridgehead atoms. The third kappa shape index (κ3) is 2.93. The van der Waals surface area contributed by atoms with E-state index in [1.165, 1.54) is 5.01 Å². The molecule has 1 aliphatic rings. The number of hydrogen-bond donors (Lipinski definition) is 2. The lowest BCUT2D eigenvalue weighted by atomic mass is 9.98.